The van der Waals surface area contributed by atoms with Crippen LogP contribution in [0.25, 0.3) is 0 Å². The quantitative estimate of drug-likeness (QED) is 0.777. The Kier molecular flexibility index (Phi) is 4.96. The summed E-state index contributed by atoms with van der Waals surface area (Å²) >= 11 is 3.48. The predicted molar refractivity (Wildman–Crippen MR) is 103 cm³/mol. The molecule has 3 rings (SSSR count). The van der Waals surface area contributed by atoms with E-state index in [1.165, 1.54) is 7.11 Å². The smallest absolute Gasteiger partial charge is 0.205 e. The van der Waals surface area contributed by atoms with E-state index in [0.29, 0.717) is 45.7 Å². The molecule has 0 bridgehead atoms. The molecule has 2 aliphatic rings. The number of benzene rings is 1. The van der Waals surface area contributed by atoms with Gasteiger partial charge in [0, 0.05) is 18.4 Å². The Morgan fingerprint density at radius 3 is 2.59 bits per heavy atom. The molecule has 0 unspecified atom stereocenters. The van der Waals surface area contributed by atoms with Crippen molar-refractivity contribution in [1.29, 1.82) is 5.26 Å². The van der Waals surface area contributed by atoms with Gasteiger partial charge in [0.2, 0.25) is 5.88 Å². The van der Waals surface area contributed by atoms with Crippen molar-refractivity contribution in [2.75, 3.05) is 14.2 Å². The highest BCUT2D eigenvalue weighted by atomic mass is 79.9. The minimum atomic E-state index is -0.599. The topological polar surface area (TPSA) is 94.6 Å². The summed E-state index contributed by atoms with van der Waals surface area (Å²) < 4.78 is 17.2. The van der Waals surface area contributed by atoms with Crippen LogP contribution in [-0.4, -0.2) is 20.0 Å². The zero-order chi connectivity index (χ0) is 19.9. The SMILES string of the molecule is COc1cc([C@H]2C(C#N)=C(N)OC3=C2C(=O)CC(C)(C)C3)cc(Br)c1OC. The second-order valence-electron chi connectivity index (χ2n) is 7.44. The third-order valence-electron chi connectivity index (χ3n) is 4.86. The van der Waals surface area contributed by atoms with Crippen molar-refractivity contribution >= 4 is 21.7 Å². The minimum absolute atomic E-state index is 0.0302. The molecule has 0 aromatic heterocycles. The van der Waals surface area contributed by atoms with Crippen molar-refractivity contribution in [1.82, 2.24) is 0 Å². The van der Waals surface area contributed by atoms with Crippen LogP contribution in [0, 0.1) is 16.7 Å². The van der Waals surface area contributed by atoms with E-state index in [0.717, 1.165) is 0 Å². The van der Waals surface area contributed by atoms with Crippen molar-refractivity contribution in [3.8, 4) is 17.6 Å². The van der Waals surface area contributed by atoms with E-state index < -0.39 is 5.92 Å². The molecular weight excluding hydrogens is 412 g/mol. The van der Waals surface area contributed by atoms with E-state index in [-0.39, 0.29) is 22.7 Å². The van der Waals surface area contributed by atoms with E-state index in [9.17, 15) is 10.1 Å². The van der Waals surface area contributed by atoms with Gasteiger partial charge in [0.05, 0.1) is 24.6 Å². The number of allylic oxidation sites excluding steroid dienone is 3. The number of Topliss-reactive ketones (excluding diaryl/α,β-unsaturated/α-hetero) is 1. The fourth-order valence-electron chi connectivity index (χ4n) is 3.72. The van der Waals surface area contributed by atoms with Crippen LogP contribution in [0.15, 0.2) is 39.4 Å². The molecule has 6 nitrogen and oxygen atoms in total. The third kappa shape index (κ3) is 3.30. The Morgan fingerprint density at radius 1 is 1.30 bits per heavy atom. The number of nitriles is 1. The van der Waals surface area contributed by atoms with Crippen LogP contribution in [0.4, 0.5) is 0 Å². The lowest BCUT2D eigenvalue weighted by atomic mass is 9.70. The van der Waals surface area contributed by atoms with Gasteiger partial charge in [0.15, 0.2) is 17.3 Å². The van der Waals surface area contributed by atoms with Crippen molar-refractivity contribution < 1.29 is 19.0 Å². The lowest BCUT2D eigenvalue weighted by Gasteiger charge is -2.37. The third-order valence-corrected chi connectivity index (χ3v) is 5.45. The first-order valence-corrected chi connectivity index (χ1v) is 9.27. The molecule has 1 aromatic carbocycles. The summed E-state index contributed by atoms with van der Waals surface area (Å²) in [5.41, 5.74) is 7.26. The fraction of sp³-hybridized carbons (Fsp3) is 0.400. The fourth-order valence-corrected chi connectivity index (χ4v) is 4.34. The Hall–Kier alpha value is -2.46. The number of ether oxygens (including phenoxy) is 3. The predicted octanol–water partition coefficient (Wildman–Crippen LogP) is 3.92. The highest BCUT2D eigenvalue weighted by Crippen LogP contribution is 2.49. The molecule has 7 heteroatoms. The molecule has 2 N–H and O–H groups in total. The van der Waals surface area contributed by atoms with Gasteiger partial charge < -0.3 is 19.9 Å². The maximum atomic E-state index is 13.0. The van der Waals surface area contributed by atoms with Gasteiger partial charge in [-0.1, -0.05) is 13.8 Å². The molecule has 0 amide bonds. The van der Waals surface area contributed by atoms with Crippen molar-refractivity contribution in [3.05, 3.63) is 45.0 Å². The van der Waals surface area contributed by atoms with Gasteiger partial charge in [-0.3, -0.25) is 4.79 Å². The molecule has 0 saturated heterocycles. The van der Waals surface area contributed by atoms with E-state index in [2.05, 4.69) is 22.0 Å². The number of rotatable bonds is 3. The van der Waals surface area contributed by atoms with E-state index in [1.54, 1.807) is 13.2 Å². The summed E-state index contributed by atoms with van der Waals surface area (Å²) in [6, 6.07) is 5.70. The van der Waals surface area contributed by atoms with E-state index >= 15 is 0 Å². The number of hydrogen-bond donors (Lipinski definition) is 1. The molecule has 1 heterocycles. The molecule has 0 saturated carbocycles. The van der Waals surface area contributed by atoms with Gasteiger partial charge >= 0.3 is 0 Å². The molecule has 27 heavy (non-hydrogen) atoms. The van der Waals surface area contributed by atoms with Crippen LogP contribution < -0.4 is 15.2 Å². The largest absolute Gasteiger partial charge is 0.493 e. The standard InChI is InChI=1S/C20H21BrN2O4/c1-20(2)7-13(24)17-15(8-20)27-19(23)11(9-22)16(17)10-5-12(21)18(26-4)14(6-10)25-3/h5-6,16H,7-8,23H2,1-4H3/t16-/m0/s1. The van der Waals surface area contributed by atoms with Crippen molar-refractivity contribution in [3.63, 3.8) is 0 Å². The van der Waals surface area contributed by atoms with Crippen LogP contribution >= 0.6 is 15.9 Å². The number of nitrogens with two attached hydrogens (primary N) is 1. The number of carbonyl (C=O) groups excluding carboxylic acids is 1. The Labute approximate surface area is 166 Å². The summed E-state index contributed by atoms with van der Waals surface area (Å²) in [5, 5.41) is 9.70. The van der Waals surface area contributed by atoms with Gasteiger partial charge in [-0.25, -0.2) is 0 Å². The molecule has 1 atom stereocenters. The second-order valence-corrected chi connectivity index (χ2v) is 8.30. The first-order valence-electron chi connectivity index (χ1n) is 8.47. The Morgan fingerprint density at radius 2 is 2.00 bits per heavy atom. The summed E-state index contributed by atoms with van der Waals surface area (Å²) in [7, 11) is 3.08. The molecule has 1 aromatic rings. The van der Waals surface area contributed by atoms with Gasteiger partial charge in [-0.05, 0) is 39.0 Å². The minimum Gasteiger partial charge on any atom is -0.493 e. The molecular formula is C20H21BrN2O4. The van der Waals surface area contributed by atoms with Crippen LogP contribution in [0.1, 0.15) is 38.2 Å². The first kappa shape index (κ1) is 19.3. The van der Waals surface area contributed by atoms with Gasteiger partial charge in [0.25, 0.3) is 0 Å². The van der Waals surface area contributed by atoms with Crippen molar-refractivity contribution in [2.24, 2.45) is 11.1 Å². The van der Waals surface area contributed by atoms with Gasteiger partial charge in [-0.15, -0.1) is 0 Å². The molecule has 1 aliphatic carbocycles. The Bertz CT molecular complexity index is 925. The maximum absolute atomic E-state index is 13.0. The van der Waals surface area contributed by atoms with Gasteiger partial charge in [-0.2, -0.15) is 5.26 Å². The summed E-state index contributed by atoms with van der Waals surface area (Å²) in [6.07, 6.45) is 0.969. The monoisotopic (exact) mass is 432 g/mol. The molecule has 0 spiro atoms. The zero-order valence-electron chi connectivity index (χ0n) is 15.7. The van der Waals surface area contributed by atoms with Crippen molar-refractivity contribution in [2.45, 2.75) is 32.6 Å². The van der Waals surface area contributed by atoms with Crippen LogP contribution in [0.5, 0.6) is 11.5 Å². The molecule has 142 valence electrons. The van der Waals surface area contributed by atoms with E-state index in [4.69, 9.17) is 19.9 Å². The summed E-state index contributed by atoms with van der Waals surface area (Å²) in [6.45, 7) is 4.03. The highest BCUT2D eigenvalue weighted by Gasteiger charge is 2.43. The van der Waals surface area contributed by atoms with E-state index in [1.807, 2.05) is 19.9 Å². The lowest BCUT2D eigenvalue weighted by Crippen LogP contribution is -2.33. The zero-order valence-corrected chi connectivity index (χ0v) is 17.3. The number of methoxy groups -OCH3 is 2. The van der Waals surface area contributed by atoms with Crippen LogP contribution in [0.3, 0.4) is 0 Å². The molecule has 1 aliphatic heterocycles. The van der Waals surface area contributed by atoms with Crippen LogP contribution in [-0.2, 0) is 9.53 Å². The highest BCUT2D eigenvalue weighted by molar-refractivity contribution is 9.10. The summed E-state index contributed by atoms with van der Waals surface area (Å²) in [4.78, 5) is 13.0. The lowest BCUT2D eigenvalue weighted by molar-refractivity contribution is -0.119. The first-order chi connectivity index (χ1) is 12.7. The average molecular weight is 433 g/mol. The number of ketones is 1. The normalized spacial score (nSPS) is 21.3. The number of carbonyl (C=O) groups is 1. The number of hydrogen-bond acceptors (Lipinski definition) is 6. The van der Waals surface area contributed by atoms with Crippen LogP contribution in [0.2, 0.25) is 0 Å². The number of nitrogens with zero attached hydrogens (tertiary/aromatic N) is 1. The average Bonchev–Trinajstić information content (AvgIpc) is 2.58. The number of halogens is 1. The maximum Gasteiger partial charge on any atom is 0.205 e. The molecule has 0 radical (unpaired) electrons. The molecule has 0 fully saturated rings. The Balaban J connectivity index is 2.23. The van der Waals surface area contributed by atoms with Gasteiger partial charge in [0.1, 0.15) is 17.4 Å². The second kappa shape index (κ2) is 6.93. The summed E-state index contributed by atoms with van der Waals surface area (Å²) in [5.74, 6) is 0.987.